The van der Waals surface area contributed by atoms with E-state index in [-0.39, 0.29) is 22.6 Å². The van der Waals surface area contributed by atoms with Crippen molar-refractivity contribution < 1.29 is 18.0 Å². The van der Waals surface area contributed by atoms with Crippen molar-refractivity contribution in [1.29, 1.82) is 0 Å². The van der Waals surface area contributed by atoms with Gasteiger partial charge in [0, 0.05) is 44.7 Å². The van der Waals surface area contributed by atoms with Gasteiger partial charge in [-0.15, -0.1) is 0 Å². The molecule has 142 valence electrons. The molecule has 0 radical (unpaired) electrons. The van der Waals surface area contributed by atoms with Gasteiger partial charge < -0.3 is 10.2 Å². The molecule has 0 aromatic heterocycles. The maximum absolute atomic E-state index is 12.8. The van der Waals surface area contributed by atoms with E-state index in [1.165, 1.54) is 23.4 Å². The molecule has 0 bridgehead atoms. The lowest BCUT2D eigenvalue weighted by molar-refractivity contribution is -0.136. The Balaban J connectivity index is 1.62. The van der Waals surface area contributed by atoms with Crippen LogP contribution in [0, 0.1) is 5.92 Å². The molecule has 1 saturated carbocycles. The van der Waals surface area contributed by atoms with E-state index in [4.69, 9.17) is 0 Å². The zero-order chi connectivity index (χ0) is 18.7. The Morgan fingerprint density at radius 3 is 2.12 bits per heavy atom. The summed E-state index contributed by atoms with van der Waals surface area (Å²) in [5.41, 5.74) is 0.559. The molecule has 1 aliphatic carbocycles. The molecule has 26 heavy (non-hydrogen) atoms. The van der Waals surface area contributed by atoms with E-state index < -0.39 is 10.0 Å². The molecular weight excluding hydrogens is 354 g/mol. The number of hydrogen-bond donors (Lipinski definition) is 1. The smallest absolute Gasteiger partial charge is 0.243 e. The summed E-state index contributed by atoms with van der Waals surface area (Å²) in [6.45, 7) is 2.91. The van der Waals surface area contributed by atoms with Crippen molar-refractivity contribution in [2.75, 3.05) is 31.5 Å². The predicted molar refractivity (Wildman–Crippen MR) is 98.0 cm³/mol. The lowest BCUT2D eigenvalue weighted by atomic mass is 10.1. The second-order valence-corrected chi connectivity index (χ2v) is 8.85. The SMILES string of the molecule is CC(=O)Nc1ccc(S(=O)(=O)N2CCN(C(=O)C3CCCC3)CC2)cc1. The highest BCUT2D eigenvalue weighted by atomic mass is 32.2. The molecule has 0 unspecified atom stereocenters. The fraction of sp³-hybridized carbons (Fsp3) is 0.556. The van der Waals surface area contributed by atoms with Crippen LogP contribution in [0.2, 0.25) is 0 Å². The number of anilines is 1. The lowest BCUT2D eigenvalue weighted by Gasteiger charge is -2.35. The molecule has 3 rings (SSSR count). The van der Waals surface area contributed by atoms with Crippen LogP contribution in [-0.4, -0.2) is 55.6 Å². The first-order chi connectivity index (χ1) is 12.4. The van der Waals surface area contributed by atoms with Gasteiger partial charge in [-0.25, -0.2) is 8.42 Å². The third-order valence-corrected chi connectivity index (χ3v) is 6.98. The summed E-state index contributed by atoms with van der Waals surface area (Å²) in [4.78, 5) is 25.5. The quantitative estimate of drug-likeness (QED) is 0.862. The zero-order valence-corrected chi connectivity index (χ0v) is 15.8. The van der Waals surface area contributed by atoms with Crippen LogP contribution >= 0.6 is 0 Å². The molecule has 2 aliphatic rings. The van der Waals surface area contributed by atoms with Gasteiger partial charge in [0.25, 0.3) is 0 Å². The molecule has 1 N–H and O–H groups in total. The van der Waals surface area contributed by atoms with Crippen molar-refractivity contribution >= 4 is 27.5 Å². The molecule has 1 aromatic rings. The maximum atomic E-state index is 12.8. The van der Waals surface area contributed by atoms with Gasteiger partial charge >= 0.3 is 0 Å². The monoisotopic (exact) mass is 379 g/mol. The third-order valence-electron chi connectivity index (χ3n) is 5.07. The van der Waals surface area contributed by atoms with Gasteiger partial charge in [-0.2, -0.15) is 4.31 Å². The van der Waals surface area contributed by atoms with Gasteiger partial charge in [0.1, 0.15) is 0 Å². The van der Waals surface area contributed by atoms with E-state index in [1.54, 1.807) is 12.1 Å². The Hall–Kier alpha value is -1.93. The van der Waals surface area contributed by atoms with Gasteiger partial charge in [-0.3, -0.25) is 9.59 Å². The van der Waals surface area contributed by atoms with Crippen LogP contribution < -0.4 is 5.32 Å². The van der Waals surface area contributed by atoms with Crippen molar-refractivity contribution in [3.63, 3.8) is 0 Å². The average molecular weight is 379 g/mol. The summed E-state index contributed by atoms with van der Waals surface area (Å²) in [6, 6.07) is 6.15. The first-order valence-corrected chi connectivity index (χ1v) is 10.5. The highest BCUT2D eigenvalue weighted by Gasteiger charge is 2.33. The number of nitrogens with zero attached hydrogens (tertiary/aromatic N) is 2. The minimum Gasteiger partial charge on any atom is -0.340 e. The van der Waals surface area contributed by atoms with E-state index in [0.717, 1.165) is 25.7 Å². The van der Waals surface area contributed by atoms with Crippen LogP contribution in [0.25, 0.3) is 0 Å². The molecule has 0 spiro atoms. The standard InChI is InChI=1S/C18H25N3O4S/c1-14(22)19-16-6-8-17(9-7-16)26(24,25)21-12-10-20(11-13-21)18(23)15-4-2-3-5-15/h6-9,15H,2-5,10-13H2,1H3,(H,19,22). The number of carbonyl (C=O) groups excluding carboxylic acids is 2. The predicted octanol–water partition coefficient (Wildman–Crippen LogP) is 1.67. The molecule has 1 aromatic carbocycles. The maximum Gasteiger partial charge on any atom is 0.243 e. The lowest BCUT2D eigenvalue weighted by Crippen LogP contribution is -2.51. The van der Waals surface area contributed by atoms with Gasteiger partial charge in [0.15, 0.2) is 0 Å². The molecular formula is C18H25N3O4S. The summed E-state index contributed by atoms with van der Waals surface area (Å²) in [5, 5.41) is 2.62. The minimum absolute atomic E-state index is 0.125. The van der Waals surface area contributed by atoms with Crippen molar-refractivity contribution in [3.05, 3.63) is 24.3 Å². The molecule has 2 amide bonds. The van der Waals surface area contributed by atoms with Crippen LogP contribution in [0.4, 0.5) is 5.69 Å². The van der Waals surface area contributed by atoms with Crippen molar-refractivity contribution in [2.45, 2.75) is 37.5 Å². The Morgan fingerprint density at radius 2 is 1.58 bits per heavy atom. The largest absolute Gasteiger partial charge is 0.340 e. The van der Waals surface area contributed by atoms with Crippen LogP contribution in [0.15, 0.2) is 29.2 Å². The molecule has 7 nitrogen and oxygen atoms in total. The van der Waals surface area contributed by atoms with Gasteiger partial charge in [0.2, 0.25) is 21.8 Å². The highest BCUT2D eigenvalue weighted by molar-refractivity contribution is 7.89. The number of hydrogen-bond acceptors (Lipinski definition) is 4. The van der Waals surface area contributed by atoms with Crippen molar-refractivity contribution in [1.82, 2.24) is 9.21 Å². The average Bonchev–Trinajstić information content (AvgIpc) is 3.16. The van der Waals surface area contributed by atoms with Gasteiger partial charge in [0.05, 0.1) is 4.90 Å². The molecule has 1 heterocycles. The van der Waals surface area contributed by atoms with Crippen LogP contribution in [0.3, 0.4) is 0 Å². The Kier molecular flexibility index (Phi) is 5.62. The number of amides is 2. The minimum atomic E-state index is -3.59. The Morgan fingerprint density at radius 1 is 1.00 bits per heavy atom. The summed E-state index contributed by atoms with van der Waals surface area (Å²) in [6.07, 6.45) is 4.13. The van der Waals surface area contributed by atoms with Gasteiger partial charge in [-0.05, 0) is 37.1 Å². The number of sulfonamides is 1. The number of nitrogens with one attached hydrogen (secondary N) is 1. The Bertz CT molecular complexity index is 762. The van der Waals surface area contributed by atoms with Crippen molar-refractivity contribution in [3.8, 4) is 0 Å². The fourth-order valence-corrected chi connectivity index (χ4v) is 5.06. The summed E-state index contributed by atoms with van der Waals surface area (Å²) in [5.74, 6) is 0.0994. The fourth-order valence-electron chi connectivity index (χ4n) is 3.64. The molecule has 1 saturated heterocycles. The van der Waals surface area contributed by atoms with Crippen LogP contribution in [0.1, 0.15) is 32.6 Å². The summed E-state index contributed by atoms with van der Waals surface area (Å²) < 4.78 is 27.0. The van der Waals surface area contributed by atoms with E-state index in [9.17, 15) is 18.0 Å². The zero-order valence-electron chi connectivity index (χ0n) is 15.0. The van der Waals surface area contributed by atoms with Crippen LogP contribution in [0.5, 0.6) is 0 Å². The second-order valence-electron chi connectivity index (χ2n) is 6.92. The van der Waals surface area contributed by atoms with Gasteiger partial charge in [-0.1, -0.05) is 12.8 Å². The first kappa shape index (κ1) is 18.8. The topological polar surface area (TPSA) is 86.8 Å². The van der Waals surface area contributed by atoms with E-state index in [1.807, 2.05) is 4.90 Å². The van der Waals surface area contributed by atoms with E-state index in [0.29, 0.717) is 31.9 Å². The van der Waals surface area contributed by atoms with Crippen molar-refractivity contribution in [2.24, 2.45) is 5.92 Å². The number of benzene rings is 1. The number of piperazine rings is 1. The summed E-state index contributed by atoms with van der Waals surface area (Å²) >= 11 is 0. The highest BCUT2D eigenvalue weighted by Crippen LogP contribution is 2.27. The Labute approximate surface area is 154 Å². The van der Waals surface area contributed by atoms with E-state index in [2.05, 4.69) is 5.32 Å². The molecule has 1 aliphatic heterocycles. The molecule has 8 heteroatoms. The summed E-state index contributed by atoms with van der Waals surface area (Å²) in [7, 11) is -3.59. The first-order valence-electron chi connectivity index (χ1n) is 9.04. The van der Waals surface area contributed by atoms with E-state index >= 15 is 0 Å². The molecule has 2 fully saturated rings. The molecule has 0 atom stereocenters. The van der Waals surface area contributed by atoms with Crippen LogP contribution in [-0.2, 0) is 19.6 Å². The number of carbonyl (C=O) groups is 2. The second kappa shape index (κ2) is 7.75. The third kappa shape index (κ3) is 4.07. The number of rotatable bonds is 4. The normalized spacial score (nSPS) is 19.5.